The lowest BCUT2D eigenvalue weighted by Gasteiger charge is -2.25. The Kier molecular flexibility index (Phi) is 5.63. The van der Waals surface area contributed by atoms with E-state index in [-0.39, 0.29) is 17.3 Å². The van der Waals surface area contributed by atoms with Gasteiger partial charge in [-0.1, -0.05) is 17.7 Å². The maximum Gasteiger partial charge on any atom is 0.279 e. The van der Waals surface area contributed by atoms with Crippen molar-refractivity contribution < 1.29 is 4.79 Å². The molecule has 0 saturated heterocycles. The molecule has 0 unspecified atom stereocenters. The molecule has 2 aromatic carbocycles. The fraction of sp³-hybridized carbons (Fsp3) is 0.208. The van der Waals surface area contributed by atoms with E-state index in [2.05, 4.69) is 40.3 Å². The Morgan fingerprint density at radius 3 is 2.39 bits per heavy atom. The molecule has 9 heteroatoms. The van der Waals surface area contributed by atoms with Gasteiger partial charge in [-0.05, 0) is 63.6 Å². The maximum absolute atomic E-state index is 12.8. The number of halogens is 1. The summed E-state index contributed by atoms with van der Waals surface area (Å²) in [5.41, 5.74) is 15.3. The zero-order chi connectivity index (χ0) is 23.9. The molecule has 0 aliphatic heterocycles. The third kappa shape index (κ3) is 4.42. The molecule has 33 heavy (non-hydrogen) atoms. The number of aromatic nitrogens is 4. The minimum atomic E-state index is -0.450. The van der Waals surface area contributed by atoms with Crippen LogP contribution in [0.15, 0.2) is 53.8 Å². The molecule has 8 nitrogen and oxygen atoms in total. The van der Waals surface area contributed by atoms with Gasteiger partial charge in [0.15, 0.2) is 0 Å². The summed E-state index contributed by atoms with van der Waals surface area (Å²) in [5.74, 6) is 0.557. The molecule has 4 aromatic rings. The lowest BCUT2D eigenvalue weighted by molar-refractivity contribution is 0.100. The van der Waals surface area contributed by atoms with E-state index in [9.17, 15) is 4.79 Å². The summed E-state index contributed by atoms with van der Waals surface area (Å²) >= 11 is 6.33. The van der Waals surface area contributed by atoms with Crippen molar-refractivity contribution in [1.82, 2.24) is 19.5 Å². The number of rotatable bonds is 3. The van der Waals surface area contributed by atoms with Gasteiger partial charge in [-0.2, -0.15) is 4.99 Å². The first-order valence-corrected chi connectivity index (χ1v) is 10.7. The molecule has 0 spiro atoms. The van der Waals surface area contributed by atoms with E-state index < -0.39 is 5.91 Å². The summed E-state index contributed by atoms with van der Waals surface area (Å²) in [5, 5.41) is 0.488. The van der Waals surface area contributed by atoms with Crippen LogP contribution in [0.5, 0.6) is 0 Å². The third-order valence-corrected chi connectivity index (χ3v) is 5.30. The number of hydrogen-bond donors (Lipinski definition) is 2. The van der Waals surface area contributed by atoms with Crippen molar-refractivity contribution in [2.75, 3.05) is 5.73 Å². The predicted octanol–water partition coefficient (Wildman–Crippen LogP) is 4.67. The molecule has 1 amide bonds. The second kappa shape index (κ2) is 8.29. The molecule has 0 aliphatic rings. The molecule has 4 N–H and O–H groups in total. The molecule has 0 bridgehead atoms. The van der Waals surface area contributed by atoms with Gasteiger partial charge >= 0.3 is 0 Å². The van der Waals surface area contributed by atoms with Crippen LogP contribution in [0.3, 0.4) is 0 Å². The van der Waals surface area contributed by atoms with Crippen molar-refractivity contribution in [1.29, 1.82) is 0 Å². The Hall–Kier alpha value is -3.78. The van der Waals surface area contributed by atoms with Crippen molar-refractivity contribution >= 4 is 40.3 Å². The number of nitrogen functional groups attached to an aromatic ring is 1. The van der Waals surface area contributed by atoms with Crippen LogP contribution in [0.4, 0.5) is 5.95 Å². The highest BCUT2D eigenvalue weighted by Gasteiger charge is 2.26. The zero-order valence-electron chi connectivity index (χ0n) is 18.8. The Bertz CT molecular complexity index is 1400. The first kappa shape index (κ1) is 22.4. The molecule has 168 valence electrons. The van der Waals surface area contributed by atoms with Crippen LogP contribution < -0.4 is 11.5 Å². The smallest absolute Gasteiger partial charge is 0.279 e. The lowest BCUT2D eigenvalue weighted by Crippen LogP contribution is -2.23. The van der Waals surface area contributed by atoms with Crippen molar-refractivity contribution in [3.05, 3.63) is 59.4 Å². The summed E-state index contributed by atoms with van der Waals surface area (Å²) in [6.07, 6.45) is 3.35. The molecule has 2 aromatic heterocycles. The first-order valence-electron chi connectivity index (χ1n) is 10.3. The molecule has 0 saturated carbocycles. The van der Waals surface area contributed by atoms with Gasteiger partial charge in [0.1, 0.15) is 11.7 Å². The molecule has 2 heterocycles. The topological polar surface area (TPSA) is 125 Å². The summed E-state index contributed by atoms with van der Waals surface area (Å²) in [4.78, 5) is 29.8. The van der Waals surface area contributed by atoms with E-state index in [1.54, 1.807) is 37.5 Å². The predicted molar refractivity (Wildman–Crippen MR) is 132 cm³/mol. The van der Waals surface area contributed by atoms with Gasteiger partial charge in [-0.15, -0.1) is 0 Å². The Morgan fingerprint density at radius 1 is 1.06 bits per heavy atom. The van der Waals surface area contributed by atoms with Crippen molar-refractivity contribution in [2.45, 2.75) is 33.2 Å². The summed E-state index contributed by atoms with van der Waals surface area (Å²) in [6, 6.07) is 11.0. The van der Waals surface area contributed by atoms with Gasteiger partial charge in [-0.3, -0.25) is 4.79 Å². The number of hydrogen-bond acceptors (Lipinski definition) is 5. The van der Waals surface area contributed by atoms with Crippen LogP contribution in [0, 0.1) is 0 Å². The van der Waals surface area contributed by atoms with Crippen molar-refractivity contribution in [2.24, 2.45) is 10.7 Å². The van der Waals surface area contributed by atoms with E-state index in [1.165, 1.54) is 0 Å². The average molecular weight is 462 g/mol. The number of carbonyl (C=O) groups is 1. The summed E-state index contributed by atoms with van der Waals surface area (Å²) in [7, 11) is 0. The third-order valence-electron chi connectivity index (χ3n) is 5.06. The van der Waals surface area contributed by atoms with Crippen LogP contribution in [-0.2, 0) is 5.54 Å². The second-order valence-corrected chi connectivity index (χ2v) is 9.16. The molecular formula is C24H24ClN7O. The normalized spacial score (nSPS) is 12.3. The van der Waals surface area contributed by atoms with Crippen LogP contribution in [0.2, 0.25) is 5.02 Å². The number of aliphatic imine (C=N–C) groups is 1. The molecule has 0 fully saturated rings. The Morgan fingerprint density at radius 2 is 1.76 bits per heavy atom. The van der Waals surface area contributed by atoms with Crippen LogP contribution >= 0.6 is 11.6 Å². The standard InChI is InChI=1S/C24H24ClN7O/c1-13(26)30-22(33)17-7-6-16(25)10-18(17)21-31-19-9-14(15-11-28-23(27)29-12-15)5-8-20(19)32(21)24(2,3)4/h5-12H,1-4H3,(H2,26,30,33)(H2,27,28,29). The van der Waals surface area contributed by atoms with E-state index in [0.717, 1.165) is 22.2 Å². The van der Waals surface area contributed by atoms with Gasteiger partial charge < -0.3 is 16.0 Å². The lowest BCUT2D eigenvalue weighted by atomic mass is 10.0. The van der Waals surface area contributed by atoms with E-state index >= 15 is 0 Å². The summed E-state index contributed by atoms with van der Waals surface area (Å²) in [6.45, 7) is 7.80. The minimum absolute atomic E-state index is 0.181. The first-order chi connectivity index (χ1) is 15.5. The molecular weight excluding hydrogens is 438 g/mol. The van der Waals surface area contributed by atoms with Crippen molar-refractivity contribution in [3.63, 3.8) is 0 Å². The number of amidine groups is 1. The SMILES string of the molecule is CC(N)=NC(=O)c1ccc(Cl)cc1-c1nc2cc(-c3cnc(N)nc3)ccc2n1C(C)(C)C. The Balaban J connectivity index is 1.98. The van der Waals surface area contributed by atoms with Gasteiger partial charge in [0.05, 0.1) is 16.6 Å². The van der Waals surface area contributed by atoms with E-state index in [1.807, 2.05) is 18.2 Å². The van der Waals surface area contributed by atoms with Crippen LogP contribution in [-0.4, -0.2) is 31.3 Å². The van der Waals surface area contributed by atoms with E-state index in [0.29, 0.717) is 22.0 Å². The van der Waals surface area contributed by atoms with Gasteiger partial charge in [0.25, 0.3) is 5.91 Å². The number of benzene rings is 2. The van der Waals surface area contributed by atoms with Gasteiger partial charge in [0.2, 0.25) is 5.95 Å². The van der Waals surface area contributed by atoms with Crippen molar-refractivity contribution in [3.8, 4) is 22.5 Å². The number of anilines is 1. The number of fused-ring (bicyclic) bond motifs is 1. The van der Waals surface area contributed by atoms with Gasteiger partial charge in [0, 0.05) is 34.1 Å². The Labute approximate surface area is 196 Å². The minimum Gasteiger partial charge on any atom is -0.387 e. The maximum atomic E-state index is 12.8. The fourth-order valence-corrected chi connectivity index (χ4v) is 3.89. The number of carbonyl (C=O) groups excluding carboxylic acids is 1. The largest absolute Gasteiger partial charge is 0.387 e. The summed E-state index contributed by atoms with van der Waals surface area (Å²) < 4.78 is 2.09. The fourth-order valence-electron chi connectivity index (χ4n) is 3.72. The number of amides is 1. The van der Waals surface area contributed by atoms with Crippen LogP contribution in [0.1, 0.15) is 38.1 Å². The number of nitrogens with zero attached hydrogens (tertiary/aromatic N) is 5. The zero-order valence-corrected chi connectivity index (χ0v) is 19.6. The molecule has 0 radical (unpaired) electrons. The highest BCUT2D eigenvalue weighted by Crippen LogP contribution is 2.36. The number of nitrogens with two attached hydrogens (primary N) is 2. The highest BCUT2D eigenvalue weighted by atomic mass is 35.5. The monoisotopic (exact) mass is 461 g/mol. The number of imidazole rings is 1. The molecule has 0 aliphatic carbocycles. The van der Waals surface area contributed by atoms with E-state index in [4.69, 9.17) is 28.1 Å². The van der Waals surface area contributed by atoms with Crippen LogP contribution in [0.25, 0.3) is 33.5 Å². The highest BCUT2D eigenvalue weighted by molar-refractivity contribution is 6.31. The van der Waals surface area contributed by atoms with Gasteiger partial charge in [-0.25, -0.2) is 15.0 Å². The molecule has 4 rings (SSSR count). The quantitative estimate of drug-likeness (QED) is 0.337. The second-order valence-electron chi connectivity index (χ2n) is 8.72. The molecule has 0 atom stereocenters. The average Bonchev–Trinajstić information content (AvgIpc) is 3.12.